The largest absolute Gasteiger partial charge is 0.0925 e. The van der Waals surface area contributed by atoms with Gasteiger partial charge in [-0.2, -0.15) is 0 Å². The Morgan fingerprint density at radius 1 is 1.50 bits per heavy atom. The van der Waals surface area contributed by atoms with Crippen LogP contribution in [0.4, 0.5) is 0 Å². The standard InChI is InChI=1S/C7H13Br/c1-7(2)5-3-4-6-8/h3,5,7H,4,6H2,1-2H3. The summed E-state index contributed by atoms with van der Waals surface area (Å²) in [7, 11) is 0. The fraction of sp³-hybridized carbons (Fsp3) is 0.714. The van der Waals surface area contributed by atoms with Gasteiger partial charge in [0, 0.05) is 5.33 Å². The Kier molecular flexibility index (Phi) is 5.51. The molecule has 0 N–H and O–H groups in total. The monoisotopic (exact) mass is 176 g/mol. The summed E-state index contributed by atoms with van der Waals surface area (Å²) in [4.78, 5) is 0. The van der Waals surface area contributed by atoms with Crippen molar-refractivity contribution in [1.82, 2.24) is 0 Å². The molecule has 0 aromatic heterocycles. The van der Waals surface area contributed by atoms with Gasteiger partial charge in [0.1, 0.15) is 0 Å². The van der Waals surface area contributed by atoms with E-state index in [1.807, 2.05) is 0 Å². The van der Waals surface area contributed by atoms with Crippen LogP contribution in [0.3, 0.4) is 0 Å². The normalized spacial score (nSPS) is 11.5. The Morgan fingerprint density at radius 2 is 2.12 bits per heavy atom. The lowest BCUT2D eigenvalue weighted by Gasteiger charge is -1.90. The summed E-state index contributed by atoms with van der Waals surface area (Å²) in [5.74, 6) is 0.703. The number of rotatable bonds is 3. The molecule has 0 spiro atoms. The van der Waals surface area contributed by atoms with E-state index in [0.717, 1.165) is 11.8 Å². The molecule has 0 aromatic rings. The van der Waals surface area contributed by atoms with E-state index >= 15 is 0 Å². The molecule has 8 heavy (non-hydrogen) atoms. The molecular weight excluding hydrogens is 164 g/mol. The van der Waals surface area contributed by atoms with Gasteiger partial charge in [-0.1, -0.05) is 41.9 Å². The average Bonchev–Trinajstić information content (AvgIpc) is 1.66. The Balaban J connectivity index is 3.07. The van der Waals surface area contributed by atoms with Gasteiger partial charge in [-0.15, -0.1) is 0 Å². The molecule has 0 nitrogen and oxygen atoms in total. The highest BCUT2D eigenvalue weighted by atomic mass is 79.9. The highest BCUT2D eigenvalue weighted by Crippen LogP contribution is 1.96. The van der Waals surface area contributed by atoms with Crippen LogP contribution >= 0.6 is 15.9 Å². The van der Waals surface area contributed by atoms with Crippen molar-refractivity contribution in [2.24, 2.45) is 5.92 Å². The van der Waals surface area contributed by atoms with Crippen molar-refractivity contribution in [1.29, 1.82) is 0 Å². The molecule has 0 fully saturated rings. The Morgan fingerprint density at radius 3 is 2.50 bits per heavy atom. The van der Waals surface area contributed by atoms with Crippen molar-refractivity contribution in [3.63, 3.8) is 0 Å². The molecule has 0 aliphatic rings. The molecule has 48 valence electrons. The van der Waals surface area contributed by atoms with Crippen molar-refractivity contribution in [2.45, 2.75) is 20.3 Å². The van der Waals surface area contributed by atoms with Gasteiger partial charge in [0.15, 0.2) is 0 Å². The third-order valence-electron chi connectivity index (χ3n) is 0.797. The second-order valence-electron chi connectivity index (χ2n) is 2.15. The van der Waals surface area contributed by atoms with E-state index < -0.39 is 0 Å². The molecule has 0 bridgehead atoms. The van der Waals surface area contributed by atoms with Crippen LogP contribution in [0.15, 0.2) is 12.2 Å². The zero-order valence-electron chi connectivity index (χ0n) is 5.52. The molecule has 0 unspecified atom stereocenters. The van der Waals surface area contributed by atoms with E-state index in [2.05, 4.69) is 41.9 Å². The lowest BCUT2D eigenvalue weighted by Crippen LogP contribution is -1.76. The van der Waals surface area contributed by atoms with Crippen LogP contribution in [0.25, 0.3) is 0 Å². The molecule has 0 amide bonds. The fourth-order valence-electron chi connectivity index (χ4n) is 0.431. The minimum atomic E-state index is 0.703. The molecule has 0 saturated heterocycles. The molecule has 0 atom stereocenters. The van der Waals surface area contributed by atoms with Gasteiger partial charge >= 0.3 is 0 Å². The first-order valence-electron chi connectivity index (χ1n) is 3.00. The van der Waals surface area contributed by atoms with Crippen LogP contribution in [-0.2, 0) is 0 Å². The molecule has 0 aliphatic heterocycles. The maximum Gasteiger partial charge on any atom is 0.00659 e. The summed E-state index contributed by atoms with van der Waals surface area (Å²) in [6, 6.07) is 0. The predicted octanol–water partition coefficient (Wildman–Crippen LogP) is 2.98. The fourth-order valence-corrected chi connectivity index (χ4v) is 0.696. The van der Waals surface area contributed by atoms with Crippen molar-refractivity contribution in [3.05, 3.63) is 12.2 Å². The molecule has 0 aromatic carbocycles. The third-order valence-corrected chi connectivity index (χ3v) is 1.25. The van der Waals surface area contributed by atoms with Crippen LogP contribution in [0, 0.1) is 5.92 Å². The Hall–Kier alpha value is 0.220. The zero-order chi connectivity index (χ0) is 6.41. The second-order valence-corrected chi connectivity index (χ2v) is 2.94. The molecule has 0 rings (SSSR count). The van der Waals surface area contributed by atoms with Gasteiger partial charge in [0.25, 0.3) is 0 Å². The van der Waals surface area contributed by atoms with Gasteiger partial charge in [0.2, 0.25) is 0 Å². The lowest BCUT2D eigenvalue weighted by atomic mass is 10.2. The summed E-state index contributed by atoms with van der Waals surface area (Å²) in [6.07, 6.45) is 5.58. The Bertz CT molecular complexity index is 64.8. The summed E-state index contributed by atoms with van der Waals surface area (Å²) in [5, 5.41) is 1.08. The number of halogens is 1. The first kappa shape index (κ1) is 8.22. The van der Waals surface area contributed by atoms with Gasteiger partial charge in [-0.3, -0.25) is 0 Å². The van der Waals surface area contributed by atoms with E-state index in [4.69, 9.17) is 0 Å². The zero-order valence-corrected chi connectivity index (χ0v) is 7.11. The van der Waals surface area contributed by atoms with Crippen LogP contribution in [0.2, 0.25) is 0 Å². The lowest BCUT2D eigenvalue weighted by molar-refractivity contribution is 0.827. The number of alkyl halides is 1. The first-order valence-corrected chi connectivity index (χ1v) is 4.12. The first-order chi connectivity index (χ1) is 3.77. The summed E-state index contributed by atoms with van der Waals surface area (Å²) in [6.45, 7) is 4.37. The van der Waals surface area contributed by atoms with Gasteiger partial charge in [-0.05, 0) is 12.3 Å². The molecule has 1 heteroatoms. The summed E-state index contributed by atoms with van der Waals surface area (Å²) >= 11 is 3.35. The highest BCUT2D eigenvalue weighted by Gasteiger charge is 1.80. The molecule has 0 aliphatic carbocycles. The topological polar surface area (TPSA) is 0 Å². The van der Waals surface area contributed by atoms with Crippen molar-refractivity contribution in [2.75, 3.05) is 5.33 Å². The Labute approximate surface area is 60.1 Å². The summed E-state index contributed by atoms with van der Waals surface area (Å²) in [5.41, 5.74) is 0. The maximum absolute atomic E-state index is 3.35. The third kappa shape index (κ3) is 6.22. The van der Waals surface area contributed by atoms with Crippen LogP contribution < -0.4 is 0 Å². The van der Waals surface area contributed by atoms with E-state index in [9.17, 15) is 0 Å². The number of allylic oxidation sites excluding steroid dienone is 2. The van der Waals surface area contributed by atoms with E-state index in [1.165, 1.54) is 0 Å². The minimum absolute atomic E-state index is 0.703. The van der Waals surface area contributed by atoms with Gasteiger partial charge in [0.05, 0.1) is 0 Å². The minimum Gasteiger partial charge on any atom is -0.0925 e. The van der Waals surface area contributed by atoms with E-state index in [0.29, 0.717) is 5.92 Å². The molecule has 0 saturated carbocycles. The van der Waals surface area contributed by atoms with Gasteiger partial charge < -0.3 is 0 Å². The smallest absolute Gasteiger partial charge is 0.00659 e. The van der Waals surface area contributed by atoms with Gasteiger partial charge in [-0.25, -0.2) is 0 Å². The highest BCUT2D eigenvalue weighted by molar-refractivity contribution is 9.09. The van der Waals surface area contributed by atoms with Crippen LogP contribution in [0.5, 0.6) is 0 Å². The quantitative estimate of drug-likeness (QED) is 0.459. The molecule has 0 radical (unpaired) electrons. The molecule has 0 heterocycles. The van der Waals surface area contributed by atoms with Crippen molar-refractivity contribution in [3.8, 4) is 0 Å². The maximum atomic E-state index is 3.35. The van der Waals surface area contributed by atoms with E-state index in [-0.39, 0.29) is 0 Å². The van der Waals surface area contributed by atoms with Crippen molar-refractivity contribution < 1.29 is 0 Å². The van der Waals surface area contributed by atoms with E-state index in [1.54, 1.807) is 0 Å². The van der Waals surface area contributed by atoms with Crippen molar-refractivity contribution >= 4 is 15.9 Å². The van der Waals surface area contributed by atoms with Crippen LogP contribution in [-0.4, -0.2) is 5.33 Å². The average molecular weight is 177 g/mol. The number of hydrogen-bond acceptors (Lipinski definition) is 0. The SMILES string of the molecule is CC(C)C=CCCBr. The summed E-state index contributed by atoms with van der Waals surface area (Å²) < 4.78 is 0. The second kappa shape index (κ2) is 5.36. The van der Waals surface area contributed by atoms with Crippen LogP contribution in [0.1, 0.15) is 20.3 Å². The number of hydrogen-bond donors (Lipinski definition) is 0. The molecular formula is C7H13Br. The predicted molar refractivity (Wildman–Crippen MR) is 42.4 cm³/mol.